The maximum Gasteiger partial charge on any atom is 0.123 e. The lowest BCUT2D eigenvalue weighted by molar-refractivity contribution is 0.532. The molecule has 2 heteroatoms. The van der Waals surface area contributed by atoms with Gasteiger partial charge in [0.2, 0.25) is 0 Å². The monoisotopic (exact) mass is 227 g/mol. The van der Waals surface area contributed by atoms with Crippen molar-refractivity contribution in [3.8, 4) is 0 Å². The van der Waals surface area contributed by atoms with E-state index in [9.17, 15) is 4.39 Å². The van der Waals surface area contributed by atoms with Crippen LogP contribution in [0.4, 0.5) is 4.39 Å². The van der Waals surface area contributed by atoms with Gasteiger partial charge in [-0.3, -0.25) is 0 Å². The molecule has 0 spiro atoms. The van der Waals surface area contributed by atoms with Crippen LogP contribution in [0, 0.1) is 5.82 Å². The average molecular weight is 227 g/mol. The topological polar surface area (TPSA) is 26.0 Å². The minimum Gasteiger partial charge on any atom is -0.318 e. The van der Waals surface area contributed by atoms with Gasteiger partial charge < -0.3 is 5.73 Å². The first-order valence-corrected chi connectivity index (χ1v) is 5.83. The van der Waals surface area contributed by atoms with Gasteiger partial charge in [0.1, 0.15) is 5.82 Å². The number of benzene rings is 2. The number of aryl methyl sites for hydroxylation is 1. The molecule has 1 unspecified atom stereocenters. The Morgan fingerprint density at radius 3 is 2.47 bits per heavy atom. The molecule has 1 atom stereocenters. The minimum absolute atomic E-state index is 0.219. The molecule has 17 heavy (non-hydrogen) atoms. The quantitative estimate of drug-likeness (QED) is 0.796. The summed E-state index contributed by atoms with van der Waals surface area (Å²) in [6, 6.07) is 14.8. The van der Waals surface area contributed by atoms with Gasteiger partial charge in [-0.2, -0.15) is 0 Å². The van der Waals surface area contributed by atoms with Crippen molar-refractivity contribution < 1.29 is 4.39 Å². The van der Waals surface area contributed by atoms with E-state index in [1.54, 1.807) is 12.1 Å². The molecule has 0 amide bonds. The van der Waals surface area contributed by atoms with E-state index in [4.69, 9.17) is 5.73 Å². The Kier molecular flexibility index (Phi) is 2.26. The molecule has 0 aromatic heterocycles. The van der Waals surface area contributed by atoms with Crippen LogP contribution in [0.25, 0.3) is 0 Å². The molecule has 0 bridgehead atoms. The Morgan fingerprint density at radius 1 is 1.00 bits per heavy atom. The van der Waals surface area contributed by atoms with Crippen LogP contribution in [0.2, 0.25) is 0 Å². The van der Waals surface area contributed by atoms with Crippen LogP contribution in [0.3, 0.4) is 0 Å². The van der Waals surface area contributed by atoms with Gasteiger partial charge in [-0.25, -0.2) is 4.39 Å². The summed E-state index contributed by atoms with van der Waals surface area (Å²) in [5, 5.41) is 0. The lowest BCUT2D eigenvalue weighted by atomic mass is 9.85. The molecule has 0 fully saturated rings. The van der Waals surface area contributed by atoms with Crippen molar-refractivity contribution in [3.05, 3.63) is 71.0 Å². The van der Waals surface area contributed by atoms with E-state index in [0.29, 0.717) is 0 Å². The standard InChI is InChI=1S/C15H14FN/c16-13-7-5-12(6-8-13)15(17)10-9-11-3-1-2-4-14(11)15/h1-8H,9-10,17H2. The summed E-state index contributed by atoms with van der Waals surface area (Å²) < 4.78 is 13.0. The van der Waals surface area contributed by atoms with E-state index < -0.39 is 5.54 Å². The maximum atomic E-state index is 13.0. The van der Waals surface area contributed by atoms with Gasteiger partial charge >= 0.3 is 0 Å². The predicted molar refractivity (Wildman–Crippen MR) is 66.1 cm³/mol. The molecule has 86 valence electrons. The Morgan fingerprint density at radius 2 is 1.71 bits per heavy atom. The first kappa shape index (κ1) is 10.5. The largest absolute Gasteiger partial charge is 0.318 e. The van der Waals surface area contributed by atoms with Gasteiger partial charge in [0.15, 0.2) is 0 Å². The smallest absolute Gasteiger partial charge is 0.123 e. The van der Waals surface area contributed by atoms with Crippen LogP contribution < -0.4 is 5.73 Å². The highest BCUT2D eigenvalue weighted by Crippen LogP contribution is 2.39. The van der Waals surface area contributed by atoms with Gasteiger partial charge in [-0.1, -0.05) is 36.4 Å². The summed E-state index contributed by atoms with van der Waals surface area (Å²) in [4.78, 5) is 0. The average Bonchev–Trinajstić information content (AvgIpc) is 2.70. The van der Waals surface area contributed by atoms with Crippen molar-refractivity contribution in [2.75, 3.05) is 0 Å². The molecule has 2 aromatic carbocycles. The number of rotatable bonds is 1. The SMILES string of the molecule is NC1(c2ccc(F)cc2)CCc2ccccc21. The highest BCUT2D eigenvalue weighted by molar-refractivity contribution is 5.46. The molecular formula is C15H14FN. The Balaban J connectivity index is 2.12. The lowest BCUT2D eigenvalue weighted by Gasteiger charge is -2.26. The number of hydrogen-bond donors (Lipinski definition) is 1. The zero-order chi connectivity index (χ0) is 11.9. The fourth-order valence-corrected chi connectivity index (χ4v) is 2.69. The number of hydrogen-bond acceptors (Lipinski definition) is 1. The van der Waals surface area contributed by atoms with Crippen molar-refractivity contribution >= 4 is 0 Å². The summed E-state index contributed by atoms with van der Waals surface area (Å²) in [6.07, 6.45) is 1.88. The highest BCUT2D eigenvalue weighted by Gasteiger charge is 2.36. The first-order valence-electron chi connectivity index (χ1n) is 5.83. The van der Waals surface area contributed by atoms with Crippen molar-refractivity contribution in [2.24, 2.45) is 5.73 Å². The number of halogens is 1. The number of nitrogens with two attached hydrogens (primary N) is 1. The van der Waals surface area contributed by atoms with Crippen LogP contribution in [-0.4, -0.2) is 0 Å². The van der Waals surface area contributed by atoms with E-state index in [1.807, 2.05) is 12.1 Å². The van der Waals surface area contributed by atoms with Crippen LogP contribution in [0.5, 0.6) is 0 Å². The zero-order valence-electron chi connectivity index (χ0n) is 9.49. The molecule has 0 aliphatic heterocycles. The lowest BCUT2D eigenvalue weighted by Crippen LogP contribution is -2.35. The molecule has 0 radical (unpaired) electrons. The zero-order valence-corrected chi connectivity index (χ0v) is 9.49. The third kappa shape index (κ3) is 1.56. The molecule has 1 aliphatic carbocycles. The van der Waals surface area contributed by atoms with Crippen LogP contribution >= 0.6 is 0 Å². The van der Waals surface area contributed by atoms with E-state index in [-0.39, 0.29) is 5.82 Å². The van der Waals surface area contributed by atoms with Crippen molar-refractivity contribution in [1.29, 1.82) is 0 Å². The van der Waals surface area contributed by atoms with E-state index >= 15 is 0 Å². The Labute approximate surface area is 100 Å². The molecule has 2 N–H and O–H groups in total. The number of fused-ring (bicyclic) bond motifs is 1. The minimum atomic E-state index is -0.454. The van der Waals surface area contributed by atoms with Gasteiger partial charge in [-0.15, -0.1) is 0 Å². The molecule has 0 heterocycles. The Hall–Kier alpha value is -1.67. The normalized spacial score (nSPS) is 22.5. The third-order valence-electron chi connectivity index (χ3n) is 3.65. The van der Waals surface area contributed by atoms with Crippen LogP contribution in [0.1, 0.15) is 23.1 Å². The second kappa shape index (κ2) is 3.67. The van der Waals surface area contributed by atoms with Crippen LogP contribution in [-0.2, 0) is 12.0 Å². The first-order chi connectivity index (χ1) is 8.20. The van der Waals surface area contributed by atoms with E-state index in [1.165, 1.54) is 23.3 Å². The van der Waals surface area contributed by atoms with Crippen LogP contribution in [0.15, 0.2) is 48.5 Å². The summed E-state index contributed by atoms with van der Waals surface area (Å²) in [5.41, 5.74) is 9.53. The Bertz CT molecular complexity index is 547. The second-order valence-electron chi connectivity index (χ2n) is 4.64. The van der Waals surface area contributed by atoms with Gasteiger partial charge in [-0.05, 0) is 41.7 Å². The summed E-state index contributed by atoms with van der Waals surface area (Å²) in [6.45, 7) is 0. The summed E-state index contributed by atoms with van der Waals surface area (Å²) in [5.74, 6) is -0.219. The van der Waals surface area contributed by atoms with Crippen molar-refractivity contribution in [3.63, 3.8) is 0 Å². The second-order valence-corrected chi connectivity index (χ2v) is 4.64. The molecule has 0 saturated carbocycles. The van der Waals surface area contributed by atoms with Crippen molar-refractivity contribution in [1.82, 2.24) is 0 Å². The molecule has 3 rings (SSSR count). The van der Waals surface area contributed by atoms with E-state index in [2.05, 4.69) is 12.1 Å². The molecule has 0 saturated heterocycles. The van der Waals surface area contributed by atoms with Gasteiger partial charge in [0.05, 0.1) is 5.54 Å². The fourth-order valence-electron chi connectivity index (χ4n) is 2.69. The maximum absolute atomic E-state index is 13.0. The van der Waals surface area contributed by atoms with E-state index in [0.717, 1.165) is 18.4 Å². The highest BCUT2D eigenvalue weighted by atomic mass is 19.1. The van der Waals surface area contributed by atoms with Crippen molar-refractivity contribution in [2.45, 2.75) is 18.4 Å². The summed E-state index contributed by atoms with van der Waals surface area (Å²) >= 11 is 0. The molecule has 2 aromatic rings. The summed E-state index contributed by atoms with van der Waals surface area (Å²) in [7, 11) is 0. The fraction of sp³-hybridized carbons (Fsp3) is 0.200. The molecule has 1 aliphatic rings. The van der Waals surface area contributed by atoms with Gasteiger partial charge in [0, 0.05) is 0 Å². The molecule has 1 nitrogen and oxygen atoms in total. The molecular weight excluding hydrogens is 213 g/mol. The van der Waals surface area contributed by atoms with Gasteiger partial charge in [0.25, 0.3) is 0 Å². The predicted octanol–water partition coefficient (Wildman–Crippen LogP) is 2.97. The third-order valence-corrected chi connectivity index (χ3v) is 3.65.